The molecule has 0 radical (unpaired) electrons. The lowest BCUT2D eigenvalue weighted by Gasteiger charge is -2.34. The Balaban J connectivity index is 2.43. The van der Waals surface area contributed by atoms with Crippen LogP contribution in [0.2, 0.25) is 0 Å². The standard InChI is InChI=1S/C12H21NS2/c1-4-5-6-7-11(13-3)12-10(2)14-8-9-15-12/h10-13H,6-9H2,1-3H3. The van der Waals surface area contributed by atoms with Gasteiger partial charge in [0.05, 0.1) is 0 Å². The minimum absolute atomic E-state index is 0.624. The van der Waals surface area contributed by atoms with Crippen molar-refractivity contribution in [1.29, 1.82) is 0 Å². The normalized spacial score (nSPS) is 27.9. The van der Waals surface area contributed by atoms with Crippen LogP contribution in [0.3, 0.4) is 0 Å². The smallest absolute Gasteiger partial charge is 0.0317 e. The van der Waals surface area contributed by atoms with Crippen molar-refractivity contribution in [2.24, 2.45) is 0 Å². The first-order chi connectivity index (χ1) is 7.29. The molecule has 3 unspecified atom stereocenters. The molecule has 15 heavy (non-hydrogen) atoms. The fraction of sp³-hybridized carbons (Fsp3) is 0.833. The molecule has 0 aromatic rings. The highest BCUT2D eigenvalue weighted by Crippen LogP contribution is 2.34. The molecule has 0 spiro atoms. The van der Waals surface area contributed by atoms with Gasteiger partial charge in [-0.1, -0.05) is 6.92 Å². The second-order valence-electron chi connectivity index (χ2n) is 3.77. The van der Waals surface area contributed by atoms with E-state index in [1.54, 1.807) is 0 Å². The molecule has 1 aliphatic rings. The quantitative estimate of drug-likeness (QED) is 0.762. The lowest BCUT2D eigenvalue weighted by molar-refractivity contribution is 0.506. The predicted octanol–water partition coefficient (Wildman–Crippen LogP) is 2.62. The molecule has 3 heteroatoms. The minimum atomic E-state index is 0.624. The number of thioether (sulfide) groups is 2. The largest absolute Gasteiger partial charge is 0.316 e. The van der Waals surface area contributed by atoms with E-state index in [0.29, 0.717) is 6.04 Å². The topological polar surface area (TPSA) is 12.0 Å². The fourth-order valence-electron chi connectivity index (χ4n) is 1.92. The molecule has 86 valence electrons. The van der Waals surface area contributed by atoms with Gasteiger partial charge in [0.1, 0.15) is 0 Å². The first-order valence-electron chi connectivity index (χ1n) is 5.59. The monoisotopic (exact) mass is 243 g/mol. The molecule has 1 nitrogen and oxygen atoms in total. The molecule has 1 N–H and O–H groups in total. The predicted molar refractivity (Wildman–Crippen MR) is 73.7 cm³/mol. The second-order valence-corrected chi connectivity index (χ2v) is 6.54. The van der Waals surface area contributed by atoms with Gasteiger partial charge in [-0.3, -0.25) is 0 Å². The van der Waals surface area contributed by atoms with Crippen molar-refractivity contribution in [2.45, 2.75) is 43.2 Å². The summed E-state index contributed by atoms with van der Waals surface area (Å²) in [6, 6.07) is 0.624. The summed E-state index contributed by atoms with van der Waals surface area (Å²) >= 11 is 4.24. The number of rotatable bonds is 4. The summed E-state index contributed by atoms with van der Waals surface area (Å²) < 4.78 is 0. The van der Waals surface area contributed by atoms with E-state index in [0.717, 1.165) is 16.9 Å². The zero-order valence-corrected chi connectivity index (χ0v) is 11.5. The maximum atomic E-state index is 3.46. The molecular formula is C12H21NS2. The second kappa shape index (κ2) is 7.49. The minimum Gasteiger partial charge on any atom is -0.316 e. The molecule has 1 aliphatic heterocycles. The van der Waals surface area contributed by atoms with Gasteiger partial charge in [-0.05, 0) is 20.4 Å². The maximum absolute atomic E-state index is 3.46. The Morgan fingerprint density at radius 2 is 2.13 bits per heavy atom. The number of hydrogen-bond acceptors (Lipinski definition) is 3. The summed E-state index contributed by atoms with van der Waals surface area (Å²) in [6.07, 6.45) is 2.20. The van der Waals surface area contributed by atoms with Crippen LogP contribution < -0.4 is 5.32 Å². The summed E-state index contributed by atoms with van der Waals surface area (Å²) in [5.41, 5.74) is 0. The highest BCUT2D eigenvalue weighted by atomic mass is 32.2. The van der Waals surface area contributed by atoms with Gasteiger partial charge in [0.15, 0.2) is 0 Å². The Morgan fingerprint density at radius 3 is 2.73 bits per heavy atom. The van der Waals surface area contributed by atoms with Crippen molar-refractivity contribution in [3.8, 4) is 11.8 Å². The van der Waals surface area contributed by atoms with Crippen molar-refractivity contribution in [3.63, 3.8) is 0 Å². The van der Waals surface area contributed by atoms with E-state index in [9.17, 15) is 0 Å². The third-order valence-electron chi connectivity index (χ3n) is 2.76. The molecule has 0 aliphatic carbocycles. The van der Waals surface area contributed by atoms with Gasteiger partial charge in [0, 0.05) is 34.5 Å². The van der Waals surface area contributed by atoms with E-state index < -0.39 is 0 Å². The molecule has 3 atom stereocenters. The van der Waals surface area contributed by atoms with Crippen LogP contribution in [0.25, 0.3) is 0 Å². The zero-order chi connectivity index (χ0) is 11.1. The van der Waals surface area contributed by atoms with Crippen molar-refractivity contribution in [2.75, 3.05) is 18.6 Å². The van der Waals surface area contributed by atoms with E-state index in [4.69, 9.17) is 0 Å². The summed E-state index contributed by atoms with van der Waals surface area (Å²) in [7, 11) is 2.08. The molecule has 0 bridgehead atoms. The van der Waals surface area contributed by atoms with Crippen LogP contribution in [0.15, 0.2) is 0 Å². The van der Waals surface area contributed by atoms with E-state index in [-0.39, 0.29) is 0 Å². The average molecular weight is 243 g/mol. The Kier molecular flexibility index (Phi) is 6.63. The van der Waals surface area contributed by atoms with Crippen LogP contribution >= 0.6 is 23.5 Å². The lowest BCUT2D eigenvalue weighted by Crippen LogP contribution is -2.42. The number of hydrogen-bond donors (Lipinski definition) is 1. The van der Waals surface area contributed by atoms with E-state index >= 15 is 0 Å². The van der Waals surface area contributed by atoms with Crippen molar-refractivity contribution < 1.29 is 0 Å². The van der Waals surface area contributed by atoms with Gasteiger partial charge in [-0.2, -0.15) is 23.5 Å². The summed E-state index contributed by atoms with van der Waals surface area (Å²) in [4.78, 5) is 0. The molecule has 1 rings (SSSR count). The summed E-state index contributed by atoms with van der Waals surface area (Å²) in [6.45, 7) is 4.28. The third kappa shape index (κ3) is 4.30. The fourth-order valence-corrected chi connectivity index (χ4v) is 4.96. The van der Waals surface area contributed by atoms with Gasteiger partial charge in [-0.25, -0.2) is 0 Å². The van der Waals surface area contributed by atoms with Gasteiger partial charge in [-0.15, -0.1) is 11.8 Å². The molecule has 1 fully saturated rings. The van der Waals surface area contributed by atoms with E-state index in [2.05, 4.69) is 54.7 Å². The molecule has 0 aromatic carbocycles. The molecule has 0 saturated carbocycles. The van der Waals surface area contributed by atoms with Crippen LogP contribution in [0.4, 0.5) is 0 Å². The maximum Gasteiger partial charge on any atom is 0.0317 e. The van der Waals surface area contributed by atoms with Crippen LogP contribution in [-0.4, -0.2) is 35.1 Å². The highest BCUT2D eigenvalue weighted by Gasteiger charge is 2.28. The van der Waals surface area contributed by atoms with Gasteiger partial charge < -0.3 is 5.32 Å². The van der Waals surface area contributed by atoms with Crippen LogP contribution in [0.5, 0.6) is 0 Å². The SMILES string of the molecule is CC#CCCC(NC)C1SCCSC1C. The van der Waals surface area contributed by atoms with Crippen molar-refractivity contribution in [3.05, 3.63) is 0 Å². The van der Waals surface area contributed by atoms with E-state index in [1.165, 1.54) is 17.9 Å². The molecule has 0 amide bonds. The Bertz CT molecular complexity index is 232. The Hall–Kier alpha value is 0.220. The molecule has 1 saturated heterocycles. The molecule has 1 heterocycles. The lowest BCUT2D eigenvalue weighted by atomic mass is 10.1. The molecular weight excluding hydrogens is 222 g/mol. The third-order valence-corrected chi connectivity index (χ3v) is 6.01. The first-order valence-corrected chi connectivity index (χ1v) is 7.69. The average Bonchev–Trinajstić information content (AvgIpc) is 2.26. The van der Waals surface area contributed by atoms with Gasteiger partial charge >= 0.3 is 0 Å². The molecule has 0 aromatic heterocycles. The van der Waals surface area contributed by atoms with Crippen LogP contribution in [0.1, 0.15) is 26.7 Å². The summed E-state index contributed by atoms with van der Waals surface area (Å²) in [5, 5.41) is 4.99. The van der Waals surface area contributed by atoms with Crippen molar-refractivity contribution in [1.82, 2.24) is 5.32 Å². The highest BCUT2D eigenvalue weighted by molar-refractivity contribution is 8.07. The zero-order valence-electron chi connectivity index (χ0n) is 9.88. The van der Waals surface area contributed by atoms with Crippen LogP contribution in [0, 0.1) is 11.8 Å². The number of nitrogens with one attached hydrogen (secondary N) is 1. The first kappa shape index (κ1) is 13.3. The van der Waals surface area contributed by atoms with Gasteiger partial charge in [0.25, 0.3) is 0 Å². The Morgan fingerprint density at radius 1 is 1.40 bits per heavy atom. The Labute approximate surface area is 103 Å². The van der Waals surface area contributed by atoms with E-state index in [1.807, 2.05) is 6.92 Å². The van der Waals surface area contributed by atoms with Crippen molar-refractivity contribution >= 4 is 23.5 Å². The van der Waals surface area contributed by atoms with Gasteiger partial charge in [0.2, 0.25) is 0 Å². The van der Waals surface area contributed by atoms with Crippen LogP contribution in [-0.2, 0) is 0 Å². The summed E-state index contributed by atoms with van der Waals surface area (Å²) in [5.74, 6) is 8.75.